The maximum atomic E-state index is 14.6. The molecule has 314 valence electrons. The molecule has 60 heavy (non-hydrogen) atoms. The standard InChI is InChI=1S/C45H49ClN6O7S/c1-4-6-19-50(20-7-5-2)45(56)52-30(3)40(46)41(47-52)38-17-15-33(28-39(38)44(55)51-21-18-31-10-8-9-11-35(31)29-51)42(53)48-60(57,58)37-16-14-32-12-13-34(26-36(32)27-37)43(54)49-22-24-59-25-23-49/h8-17,26-28H,4-7,18-25,29H2,1-3H3,(H,48,53). The van der Waals surface area contributed by atoms with Crippen molar-refractivity contribution in [1.82, 2.24) is 29.2 Å². The molecule has 0 atom stereocenters. The minimum Gasteiger partial charge on any atom is -0.378 e. The van der Waals surface area contributed by atoms with Crippen LogP contribution < -0.4 is 4.72 Å². The van der Waals surface area contributed by atoms with Crippen LogP contribution in [0.4, 0.5) is 4.79 Å². The van der Waals surface area contributed by atoms with Crippen molar-refractivity contribution in [3.8, 4) is 11.3 Å². The van der Waals surface area contributed by atoms with Gasteiger partial charge in [0.25, 0.3) is 27.7 Å². The van der Waals surface area contributed by atoms with Crippen LogP contribution >= 0.6 is 11.6 Å². The predicted molar refractivity (Wildman–Crippen MR) is 230 cm³/mol. The molecule has 1 aromatic heterocycles. The highest BCUT2D eigenvalue weighted by atomic mass is 35.5. The molecule has 3 heterocycles. The minimum absolute atomic E-state index is 0.0791. The lowest BCUT2D eigenvalue weighted by molar-refractivity contribution is 0.0303. The molecule has 0 saturated carbocycles. The molecule has 0 unspecified atom stereocenters. The third-order valence-electron chi connectivity index (χ3n) is 11.1. The Labute approximate surface area is 355 Å². The smallest absolute Gasteiger partial charge is 0.344 e. The summed E-state index contributed by atoms with van der Waals surface area (Å²) in [6.45, 7) is 9.49. The first kappa shape index (κ1) is 42.6. The van der Waals surface area contributed by atoms with Gasteiger partial charge in [0.05, 0.1) is 28.8 Å². The molecule has 7 rings (SSSR count). The molecule has 15 heteroatoms. The molecule has 0 bridgehead atoms. The number of halogens is 1. The zero-order valence-electron chi connectivity index (χ0n) is 34.1. The second kappa shape index (κ2) is 18.4. The number of ether oxygens (including phenoxy) is 1. The van der Waals surface area contributed by atoms with E-state index in [1.165, 1.54) is 35.0 Å². The molecule has 1 saturated heterocycles. The lowest BCUT2D eigenvalue weighted by Crippen LogP contribution is -2.40. The number of unbranched alkanes of at least 4 members (excludes halogenated alkanes) is 2. The van der Waals surface area contributed by atoms with Crippen molar-refractivity contribution >= 4 is 56.1 Å². The highest BCUT2D eigenvalue weighted by Crippen LogP contribution is 2.35. The van der Waals surface area contributed by atoms with Crippen LogP contribution in [0.3, 0.4) is 0 Å². The Hall–Kier alpha value is -5.57. The van der Waals surface area contributed by atoms with Gasteiger partial charge in [-0.25, -0.2) is 17.9 Å². The Morgan fingerprint density at radius 1 is 0.800 bits per heavy atom. The second-order valence-corrected chi connectivity index (χ2v) is 17.3. The Bertz CT molecular complexity index is 2560. The number of carbonyl (C=O) groups excluding carboxylic acids is 4. The van der Waals surface area contributed by atoms with Crippen molar-refractivity contribution < 1.29 is 32.3 Å². The normalized spacial score (nSPS) is 14.2. The third kappa shape index (κ3) is 8.96. The molecule has 0 radical (unpaired) electrons. The van der Waals surface area contributed by atoms with E-state index in [-0.39, 0.29) is 38.7 Å². The molecule has 2 aliphatic heterocycles. The van der Waals surface area contributed by atoms with Crippen LogP contribution in [0.2, 0.25) is 5.02 Å². The Morgan fingerprint density at radius 3 is 2.20 bits per heavy atom. The summed E-state index contributed by atoms with van der Waals surface area (Å²) in [5.41, 5.74) is 3.43. The van der Waals surface area contributed by atoms with Gasteiger partial charge in [-0.1, -0.05) is 80.8 Å². The average Bonchev–Trinajstić information content (AvgIpc) is 3.57. The van der Waals surface area contributed by atoms with Crippen LogP contribution in [0.5, 0.6) is 0 Å². The number of aromatic nitrogens is 2. The van der Waals surface area contributed by atoms with Gasteiger partial charge in [-0.3, -0.25) is 14.4 Å². The largest absolute Gasteiger partial charge is 0.378 e. The van der Waals surface area contributed by atoms with Gasteiger partial charge >= 0.3 is 6.03 Å². The monoisotopic (exact) mass is 852 g/mol. The number of hydrogen-bond donors (Lipinski definition) is 1. The van der Waals surface area contributed by atoms with Crippen molar-refractivity contribution in [2.24, 2.45) is 0 Å². The number of rotatable bonds is 12. The number of morpholine rings is 1. The quantitative estimate of drug-likeness (QED) is 0.137. The summed E-state index contributed by atoms with van der Waals surface area (Å²) in [4.78, 5) is 60.4. The van der Waals surface area contributed by atoms with E-state index >= 15 is 0 Å². The lowest BCUT2D eigenvalue weighted by atomic mass is 9.96. The average molecular weight is 853 g/mol. The topological polar surface area (TPSA) is 151 Å². The summed E-state index contributed by atoms with van der Waals surface area (Å²) in [7, 11) is -4.43. The Morgan fingerprint density at radius 2 is 1.48 bits per heavy atom. The fraction of sp³-hybridized carbons (Fsp3) is 0.356. The van der Waals surface area contributed by atoms with E-state index in [0.717, 1.165) is 36.8 Å². The molecule has 0 aliphatic carbocycles. The zero-order valence-corrected chi connectivity index (χ0v) is 35.7. The SMILES string of the molecule is CCCCN(CCCC)C(=O)n1nc(-c2ccc(C(=O)NS(=O)(=O)c3ccc4ccc(C(=O)N5CCOCC5)cc4c3)cc2C(=O)N2CCc3ccccc3C2)c(Cl)c1C. The molecule has 2 aliphatic rings. The van der Waals surface area contributed by atoms with E-state index in [4.69, 9.17) is 16.3 Å². The van der Waals surface area contributed by atoms with Gasteiger partial charge in [0.1, 0.15) is 5.69 Å². The maximum Gasteiger partial charge on any atom is 0.344 e. The van der Waals surface area contributed by atoms with Gasteiger partial charge in [0, 0.05) is 61.5 Å². The van der Waals surface area contributed by atoms with Crippen LogP contribution in [-0.2, 0) is 27.7 Å². The number of carbonyl (C=O) groups is 4. The van der Waals surface area contributed by atoms with Gasteiger partial charge in [0.15, 0.2) is 0 Å². The number of fused-ring (bicyclic) bond motifs is 2. The number of amides is 4. The first-order chi connectivity index (χ1) is 28.9. The highest BCUT2D eigenvalue weighted by Gasteiger charge is 2.30. The van der Waals surface area contributed by atoms with Gasteiger partial charge in [-0.05, 0) is 84.5 Å². The van der Waals surface area contributed by atoms with Gasteiger partial charge in [-0.2, -0.15) is 9.78 Å². The summed E-state index contributed by atoms with van der Waals surface area (Å²) < 4.78 is 36.3. The summed E-state index contributed by atoms with van der Waals surface area (Å²) in [6.07, 6.45) is 4.10. The lowest BCUT2D eigenvalue weighted by Gasteiger charge is -2.29. The van der Waals surface area contributed by atoms with Crippen molar-refractivity contribution in [2.45, 2.75) is 64.3 Å². The fourth-order valence-electron chi connectivity index (χ4n) is 7.60. The van der Waals surface area contributed by atoms with E-state index in [1.807, 2.05) is 24.3 Å². The third-order valence-corrected chi connectivity index (χ3v) is 12.9. The highest BCUT2D eigenvalue weighted by molar-refractivity contribution is 7.90. The van der Waals surface area contributed by atoms with Crippen LogP contribution in [-0.4, -0.2) is 103 Å². The van der Waals surface area contributed by atoms with E-state index < -0.39 is 21.8 Å². The van der Waals surface area contributed by atoms with Crippen molar-refractivity contribution in [2.75, 3.05) is 45.9 Å². The van der Waals surface area contributed by atoms with Crippen LogP contribution in [0, 0.1) is 6.92 Å². The van der Waals surface area contributed by atoms with Gasteiger partial charge in [0.2, 0.25) is 0 Å². The predicted octanol–water partition coefficient (Wildman–Crippen LogP) is 7.33. The summed E-state index contributed by atoms with van der Waals surface area (Å²) in [5, 5.41) is 6.08. The van der Waals surface area contributed by atoms with Gasteiger partial charge < -0.3 is 19.4 Å². The molecule has 1 N–H and O–H groups in total. The van der Waals surface area contributed by atoms with Crippen molar-refractivity contribution in [1.29, 1.82) is 0 Å². The molecule has 5 aromatic rings. The minimum atomic E-state index is -4.43. The molecule has 0 spiro atoms. The second-order valence-electron chi connectivity index (χ2n) is 15.2. The number of sulfonamides is 1. The van der Waals surface area contributed by atoms with E-state index in [0.29, 0.717) is 86.5 Å². The van der Waals surface area contributed by atoms with Crippen molar-refractivity contribution in [3.05, 3.63) is 117 Å². The summed E-state index contributed by atoms with van der Waals surface area (Å²) in [6, 6.07) is 21.4. The van der Waals surface area contributed by atoms with E-state index in [1.54, 1.807) is 45.9 Å². The zero-order chi connectivity index (χ0) is 42.6. The number of hydrogen-bond acceptors (Lipinski definition) is 8. The fourth-order valence-corrected chi connectivity index (χ4v) is 8.83. The molecule has 1 fully saturated rings. The number of benzene rings is 4. The molecular weight excluding hydrogens is 804 g/mol. The maximum absolute atomic E-state index is 14.6. The van der Waals surface area contributed by atoms with Crippen LogP contribution in [0.1, 0.15) is 87.4 Å². The Kier molecular flexibility index (Phi) is 13.0. The van der Waals surface area contributed by atoms with Crippen LogP contribution in [0.25, 0.3) is 22.0 Å². The molecule has 4 aromatic carbocycles. The first-order valence-electron chi connectivity index (χ1n) is 20.4. The first-order valence-corrected chi connectivity index (χ1v) is 22.3. The van der Waals surface area contributed by atoms with E-state index in [2.05, 4.69) is 23.7 Å². The van der Waals surface area contributed by atoms with E-state index in [9.17, 15) is 27.6 Å². The molecule has 4 amide bonds. The molecule has 13 nitrogen and oxygen atoms in total. The van der Waals surface area contributed by atoms with Crippen molar-refractivity contribution in [3.63, 3.8) is 0 Å². The summed E-state index contributed by atoms with van der Waals surface area (Å²) in [5.74, 6) is -1.54. The number of nitrogens with zero attached hydrogens (tertiary/aromatic N) is 5. The molecular formula is C45H49ClN6O7S. The van der Waals surface area contributed by atoms with Crippen LogP contribution in [0.15, 0.2) is 83.8 Å². The Balaban J connectivity index is 1.21. The number of nitrogens with one attached hydrogen (secondary N) is 1. The summed E-state index contributed by atoms with van der Waals surface area (Å²) >= 11 is 6.94. The van der Waals surface area contributed by atoms with Gasteiger partial charge in [-0.15, -0.1) is 0 Å².